The lowest BCUT2D eigenvalue weighted by atomic mass is 9.96. The summed E-state index contributed by atoms with van der Waals surface area (Å²) in [7, 11) is 0. The second-order valence-corrected chi connectivity index (χ2v) is 10.3. The van der Waals surface area contributed by atoms with Crippen molar-refractivity contribution >= 4 is 29.7 Å². The number of aliphatic imine (C=N–C) groups is 1. The number of nitrogens with zero attached hydrogens (tertiary/aromatic N) is 1. The number of nitrogens with two attached hydrogens (primary N) is 2. The van der Waals surface area contributed by atoms with Gasteiger partial charge in [-0.3, -0.25) is 19.4 Å². The SMILES string of the molecule is CC(C)C[C@@H](NC(=O)[C@@H](Cc1ccccc1)NC(=O)C1CCNCC1)C(=O)N[C@H](CCCN=C(N)N)C(=O)O. The number of carbonyl (C=O) groups is 4. The summed E-state index contributed by atoms with van der Waals surface area (Å²) >= 11 is 0. The van der Waals surface area contributed by atoms with E-state index in [0.29, 0.717) is 19.3 Å². The van der Waals surface area contributed by atoms with Gasteiger partial charge in [0.15, 0.2) is 5.96 Å². The molecule has 3 amide bonds. The summed E-state index contributed by atoms with van der Waals surface area (Å²) in [5.41, 5.74) is 11.5. The van der Waals surface area contributed by atoms with Crippen molar-refractivity contribution in [2.75, 3.05) is 19.6 Å². The van der Waals surface area contributed by atoms with E-state index >= 15 is 0 Å². The zero-order chi connectivity index (χ0) is 28.8. The van der Waals surface area contributed by atoms with Crippen LogP contribution in [-0.4, -0.2) is 72.5 Å². The highest BCUT2D eigenvalue weighted by Gasteiger charge is 2.31. The Labute approximate surface area is 229 Å². The van der Waals surface area contributed by atoms with Crippen LogP contribution in [0.15, 0.2) is 35.3 Å². The number of guanidine groups is 1. The summed E-state index contributed by atoms with van der Waals surface area (Å²) in [5.74, 6) is -2.74. The maximum Gasteiger partial charge on any atom is 0.326 e. The largest absolute Gasteiger partial charge is 0.480 e. The van der Waals surface area contributed by atoms with E-state index < -0.39 is 35.9 Å². The number of carbonyl (C=O) groups excluding carboxylic acids is 3. The van der Waals surface area contributed by atoms with Crippen LogP contribution in [0.5, 0.6) is 0 Å². The quantitative estimate of drug-likeness (QED) is 0.0897. The van der Waals surface area contributed by atoms with Gasteiger partial charge in [-0.25, -0.2) is 4.79 Å². The van der Waals surface area contributed by atoms with Crippen molar-refractivity contribution in [3.8, 4) is 0 Å². The van der Waals surface area contributed by atoms with Crippen LogP contribution in [-0.2, 0) is 25.6 Å². The summed E-state index contributed by atoms with van der Waals surface area (Å²) < 4.78 is 0. The highest BCUT2D eigenvalue weighted by molar-refractivity contribution is 5.93. The summed E-state index contributed by atoms with van der Waals surface area (Å²) in [6, 6.07) is 6.27. The zero-order valence-corrected chi connectivity index (χ0v) is 22.8. The molecule has 1 heterocycles. The second-order valence-electron chi connectivity index (χ2n) is 10.3. The molecule has 0 aromatic heterocycles. The normalized spacial score (nSPS) is 16.0. The van der Waals surface area contributed by atoms with Crippen molar-refractivity contribution in [1.82, 2.24) is 21.3 Å². The highest BCUT2D eigenvalue weighted by Crippen LogP contribution is 2.14. The monoisotopic (exact) mass is 545 g/mol. The van der Waals surface area contributed by atoms with Gasteiger partial charge in [-0.1, -0.05) is 44.2 Å². The third-order valence-corrected chi connectivity index (χ3v) is 6.53. The van der Waals surface area contributed by atoms with E-state index in [4.69, 9.17) is 11.5 Å². The van der Waals surface area contributed by atoms with E-state index in [1.807, 2.05) is 44.2 Å². The molecule has 1 aromatic carbocycles. The van der Waals surface area contributed by atoms with Gasteiger partial charge < -0.3 is 37.8 Å². The molecule has 0 bridgehead atoms. The lowest BCUT2D eigenvalue weighted by Gasteiger charge is -2.27. The molecule has 0 unspecified atom stereocenters. The fraction of sp³-hybridized carbons (Fsp3) is 0.593. The molecular weight excluding hydrogens is 502 g/mol. The molecule has 12 nitrogen and oxygen atoms in total. The van der Waals surface area contributed by atoms with Gasteiger partial charge in [0.1, 0.15) is 18.1 Å². The van der Waals surface area contributed by atoms with E-state index in [-0.39, 0.29) is 49.5 Å². The molecule has 3 atom stereocenters. The van der Waals surface area contributed by atoms with Gasteiger partial charge in [0.05, 0.1) is 0 Å². The summed E-state index contributed by atoms with van der Waals surface area (Å²) in [5, 5.41) is 21.0. The predicted molar refractivity (Wildman–Crippen MR) is 149 cm³/mol. The minimum Gasteiger partial charge on any atom is -0.480 e. The average molecular weight is 546 g/mol. The first kappa shape index (κ1) is 31.5. The van der Waals surface area contributed by atoms with Crippen LogP contribution in [0.1, 0.15) is 51.5 Å². The van der Waals surface area contributed by atoms with Crippen LogP contribution >= 0.6 is 0 Å². The molecule has 1 fully saturated rings. The maximum absolute atomic E-state index is 13.5. The van der Waals surface area contributed by atoms with Gasteiger partial charge in [0, 0.05) is 18.9 Å². The van der Waals surface area contributed by atoms with Crippen LogP contribution in [0.3, 0.4) is 0 Å². The number of carboxylic acids is 1. The molecule has 39 heavy (non-hydrogen) atoms. The molecule has 12 heteroatoms. The van der Waals surface area contributed by atoms with E-state index in [0.717, 1.165) is 18.7 Å². The van der Waals surface area contributed by atoms with Gasteiger partial charge in [-0.15, -0.1) is 0 Å². The third-order valence-electron chi connectivity index (χ3n) is 6.53. The topological polar surface area (TPSA) is 201 Å². The molecule has 0 aliphatic carbocycles. The minimum absolute atomic E-state index is 0.0306. The number of nitrogens with one attached hydrogen (secondary N) is 4. The number of hydrogen-bond donors (Lipinski definition) is 7. The second kappa shape index (κ2) is 16.3. The van der Waals surface area contributed by atoms with E-state index in [2.05, 4.69) is 26.3 Å². The Hall–Kier alpha value is -3.67. The number of aliphatic carboxylic acids is 1. The molecule has 0 radical (unpaired) electrons. The van der Waals surface area contributed by atoms with Gasteiger partial charge >= 0.3 is 5.97 Å². The molecule has 1 aliphatic heterocycles. The Balaban J connectivity index is 2.14. The van der Waals surface area contributed by atoms with Crippen molar-refractivity contribution < 1.29 is 24.3 Å². The van der Waals surface area contributed by atoms with Gasteiger partial charge in [0.25, 0.3) is 0 Å². The molecule has 0 saturated carbocycles. The molecule has 216 valence electrons. The van der Waals surface area contributed by atoms with Crippen LogP contribution in [0.2, 0.25) is 0 Å². The maximum atomic E-state index is 13.5. The van der Waals surface area contributed by atoms with Crippen LogP contribution in [0, 0.1) is 11.8 Å². The molecule has 1 saturated heterocycles. The molecule has 1 aliphatic rings. The number of benzene rings is 1. The minimum atomic E-state index is -1.20. The Morgan fingerprint density at radius 3 is 2.18 bits per heavy atom. The van der Waals surface area contributed by atoms with Crippen molar-refractivity contribution in [3.05, 3.63) is 35.9 Å². The van der Waals surface area contributed by atoms with Crippen molar-refractivity contribution in [1.29, 1.82) is 0 Å². The smallest absolute Gasteiger partial charge is 0.326 e. The van der Waals surface area contributed by atoms with Gasteiger partial charge in [0.2, 0.25) is 17.7 Å². The van der Waals surface area contributed by atoms with Gasteiger partial charge in [-0.05, 0) is 56.7 Å². The van der Waals surface area contributed by atoms with Crippen molar-refractivity contribution in [2.24, 2.45) is 28.3 Å². The molecular formula is C27H43N7O5. The van der Waals surface area contributed by atoms with E-state index in [1.54, 1.807) is 0 Å². The highest BCUT2D eigenvalue weighted by atomic mass is 16.4. The summed E-state index contributed by atoms with van der Waals surface area (Å²) in [6.45, 7) is 5.50. The van der Waals surface area contributed by atoms with Crippen molar-refractivity contribution in [3.63, 3.8) is 0 Å². The first-order valence-electron chi connectivity index (χ1n) is 13.5. The first-order valence-corrected chi connectivity index (χ1v) is 13.5. The van der Waals surface area contributed by atoms with E-state index in [1.165, 1.54) is 0 Å². The van der Waals surface area contributed by atoms with Gasteiger partial charge in [-0.2, -0.15) is 0 Å². The van der Waals surface area contributed by atoms with Crippen LogP contribution < -0.4 is 32.7 Å². The van der Waals surface area contributed by atoms with Crippen LogP contribution in [0.25, 0.3) is 0 Å². The van der Waals surface area contributed by atoms with Crippen molar-refractivity contribution in [2.45, 2.75) is 70.5 Å². The Kier molecular flexibility index (Phi) is 13.2. The lowest BCUT2D eigenvalue weighted by molar-refractivity contribution is -0.142. The Bertz CT molecular complexity index is 976. The standard InChI is InChI=1S/C27H43N7O5/c1-17(2)15-21(24(36)32-20(26(38)39)9-6-12-31-27(28)29)34-25(37)22(16-18-7-4-3-5-8-18)33-23(35)19-10-13-30-14-11-19/h3-5,7-8,17,19-22,30H,6,9-16H2,1-2H3,(H,32,36)(H,33,35)(H,34,37)(H,38,39)(H4,28,29,31)/t20-,21-,22-/m1/s1. The number of rotatable bonds is 15. The number of amides is 3. The van der Waals surface area contributed by atoms with Crippen LogP contribution in [0.4, 0.5) is 0 Å². The zero-order valence-electron chi connectivity index (χ0n) is 22.8. The molecule has 2 rings (SSSR count). The number of carboxylic acid groups (broad SMARTS) is 1. The summed E-state index contributed by atoms with van der Waals surface area (Å²) in [6.07, 6.45) is 2.37. The lowest BCUT2D eigenvalue weighted by Crippen LogP contribution is -2.57. The molecule has 9 N–H and O–H groups in total. The number of piperidine rings is 1. The molecule has 1 aromatic rings. The Morgan fingerprint density at radius 1 is 0.974 bits per heavy atom. The fourth-order valence-electron chi connectivity index (χ4n) is 4.44. The summed E-state index contributed by atoms with van der Waals surface area (Å²) in [4.78, 5) is 55.3. The third kappa shape index (κ3) is 11.7. The average Bonchev–Trinajstić information content (AvgIpc) is 2.90. The molecule has 0 spiro atoms. The fourth-order valence-corrected chi connectivity index (χ4v) is 4.44. The predicted octanol–water partition coefficient (Wildman–Crippen LogP) is -0.133. The first-order chi connectivity index (χ1) is 18.6. The van der Waals surface area contributed by atoms with E-state index in [9.17, 15) is 24.3 Å². The number of hydrogen-bond acceptors (Lipinski definition) is 6. The Morgan fingerprint density at radius 2 is 1.59 bits per heavy atom.